The maximum absolute atomic E-state index is 3.15. The second kappa shape index (κ2) is 2.31. The minimum absolute atomic E-state index is 1.31. The van der Waals surface area contributed by atoms with Crippen LogP contribution in [-0.2, 0) is 0 Å². The van der Waals surface area contributed by atoms with Crippen molar-refractivity contribution >= 4 is 42.8 Å². The molecule has 0 aliphatic heterocycles. The van der Waals surface area contributed by atoms with Crippen molar-refractivity contribution in [1.29, 1.82) is 0 Å². The zero-order valence-electron chi connectivity index (χ0n) is 6.20. The van der Waals surface area contributed by atoms with Gasteiger partial charge < -0.3 is 0 Å². The van der Waals surface area contributed by atoms with Gasteiger partial charge in [-0.2, -0.15) is 0 Å². The highest BCUT2D eigenvalue weighted by molar-refractivity contribution is 7.19. The number of hydrogen-bond acceptors (Lipinski definition) is 2. The smallest absolute Gasteiger partial charge is 0.0455 e. The van der Waals surface area contributed by atoms with Crippen LogP contribution in [0.15, 0.2) is 29.6 Å². The molecule has 1 radical (unpaired) electrons. The average Bonchev–Trinajstić information content (AvgIpc) is 2.64. The van der Waals surface area contributed by atoms with Gasteiger partial charge in [0, 0.05) is 14.8 Å². The summed E-state index contributed by atoms with van der Waals surface area (Å²) in [5.74, 6) is 0. The Morgan fingerprint density at radius 2 is 2.08 bits per heavy atom. The SMILES string of the molecule is [c]1cc2cc3ccsc3cc2s1. The van der Waals surface area contributed by atoms with Crippen LogP contribution in [-0.4, -0.2) is 0 Å². The summed E-state index contributed by atoms with van der Waals surface area (Å²) in [5.41, 5.74) is 0. The summed E-state index contributed by atoms with van der Waals surface area (Å²) in [6.07, 6.45) is 0. The van der Waals surface area contributed by atoms with Crippen molar-refractivity contribution in [2.24, 2.45) is 0 Å². The Labute approximate surface area is 78.1 Å². The third-order valence-electron chi connectivity index (χ3n) is 1.97. The zero-order valence-corrected chi connectivity index (χ0v) is 7.84. The minimum atomic E-state index is 1.31. The summed E-state index contributed by atoms with van der Waals surface area (Å²) in [5, 5.41) is 7.94. The first-order valence-corrected chi connectivity index (χ1v) is 5.40. The molecule has 0 bridgehead atoms. The Hall–Kier alpha value is -0.860. The van der Waals surface area contributed by atoms with Crippen molar-refractivity contribution < 1.29 is 0 Å². The third kappa shape index (κ3) is 0.822. The van der Waals surface area contributed by atoms with Crippen LogP contribution in [0.25, 0.3) is 20.2 Å². The lowest BCUT2D eigenvalue weighted by Crippen LogP contribution is -1.61. The Morgan fingerprint density at radius 1 is 1.08 bits per heavy atom. The fourth-order valence-corrected chi connectivity index (χ4v) is 2.98. The molecule has 0 atom stereocenters. The van der Waals surface area contributed by atoms with E-state index in [1.807, 2.05) is 0 Å². The molecule has 0 N–H and O–H groups in total. The van der Waals surface area contributed by atoms with Crippen molar-refractivity contribution in [1.82, 2.24) is 0 Å². The summed E-state index contributed by atoms with van der Waals surface area (Å²) < 4.78 is 2.71. The van der Waals surface area contributed by atoms with Gasteiger partial charge in [0.25, 0.3) is 0 Å². The summed E-state index contributed by atoms with van der Waals surface area (Å²) in [4.78, 5) is 0. The average molecular weight is 189 g/mol. The first kappa shape index (κ1) is 6.63. The lowest BCUT2D eigenvalue weighted by molar-refractivity contribution is 2.02. The van der Waals surface area contributed by atoms with Gasteiger partial charge in [-0.15, -0.1) is 22.7 Å². The number of fused-ring (bicyclic) bond motifs is 2. The largest absolute Gasteiger partial charge is 0.144 e. The first-order valence-electron chi connectivity index (χ1n) is 3.70. The Morgan fingerprint density at radius 3 is 3.08 bits per heavy atom. The standard InChI is InChI=1S/C10H5S2/c1-3-11-9-6-10-8(2-4-12-10)5-7(1)9/h1-3,5-6H. The van der Waals surface area contributed by atoms with Crippen molar-refractivity contribution in [3.05, 3.63) is 35.0 Å². The van der Waals surface area contributed by atoms with Crippen LogP contribution >= 0.6 is 22.7 Å². The molecule has 1 aromatic carbocycles. The molecule has 0 aliphatic rings. The molecule has 0 unspecified atom stereocenters. The van der Waals surface area contributed by atoms with Crippen molar-refractivity contribution in [3.63, 3.8) is 0 Å². The Kier molecular flexibility index (Phi) is 1.28. The maximum atomic E-state index is 3.15. The van der Waals surface area contributed by atoms with E-state index in [9.17, 15) is 0 Å². The molecule has 0 spiro atoms. The highest BCUT2D eigenvalue weighted by Crippen LogP contribution is 2.29. The summed E-state index contributed by atoms with van der Waals surface area (Å²) in [6.45, 7) is 0. The number of rotatable bonds is 0. The van der Waals surface area contributed by atoms with E-state index in [1.165, 1.54) is 20.2 Å². The van der Waals surface area contributed by atoms with E-state index in [-0.39, 0.29) is 0 Å². The van der Waals surface area contributed by atoms with E-state index < -0.39 is 0 Å². The van der Waals surface area contributed by atoms with E-state index in [0.29, 0.717) is 0 Å². The summed E-state index contributed by atoms with van der Waals surface area (Å²) >= 11 is 3.49. The minimum Gasteiger partial charge on any atom is -0.144 e. The number of hydrogen-bond donors (Lipinski definition) is 0. The molecular weight excluding hydrogens is 184 g/mol. The Balaban J connectivity index is 2.62. The molecule has 57 valence electrons. The molecule has 2 heteroatoms. The van der Waals surface area contributed by atoms with Gasteiger partial charge in [-0.05, 0) is 40.4 Å². The predicted molar refractivity (Wildman–Crippen MR) is 56.0 cm³/mol. The highest BCUT2D eigenvalue weighted by atomic mass is 32.1. The van der Waals surface area contributed by atoms with Crippen molar-refractivity contribution in [2.45, 2.75) is 0 Å². The van der Waals surface area contributed by atoms with Gasteiger partial charge in [0.15, 0.2) is 0 Å². The van der Waals surface area contributed by atoms with Gasteiger partial charge in [-0.3, -0.25) is 0 Å². The van der Waals surface area contributed by atoms with Crippen LogP contribution < -0.4 is 0 Å². The van der Waals surface area contributed by atoms with Crippen LogP contribution in [0, 0.1) is 5.38 Å². The molecule has 2 aromatic heterocycles. The molecule has 0 saturated carbocycles. The summed E-state index contributed by atoms with van der Waals surface area (Å²) in [7, 11) is 0. The molecule has 3 rings (SSSR count). The van der Waals surface area contributed by atoms with Crippen LogP contribution in [0.1, 0.15) is 0 Å². The monoisotopic (exact) mass is 189 g/mol. The topological polar surface area (TPSA) is 0 Å². The van der Waals surface area contributed by atoms with Gasteiger partial charge in [-0.25, -0.2) is 0 Å². The lowest BCUT2D eigenvalue weighted by Gasteiger charge is -1.89. The lowest BCUT2D eigenvalue weighted by atomic mass is 10.2. The number of thiophene rings is 2. The van der Waals surface area contributed by atoms with Crippen LogP contribution in [0.5, 0.6) is 0 Å². The van der Waals surface area contributed by atoms with E-state index in [4.69, 9.17) is 0 Å². The van der Waals surface area contributed by atoms with Gasteiger partial charge in [0.2, 0.25) is 0 Å². The fraction of sp³-hybridized carbons (Fsp3) is 0. The van der Waals surface area contributed by atoms with Gasteiger partial charge >= 0.3 is 0 Å². The second-order valence-electron chi connectivity index (χ2n) is 2.71. The number of benzene rings is 1. The van der Waals surface area contributed by atoms with Crippen molar-refractivity contribution in [2.75, 3.05) is 0 Å². The normalized spacial score (nSPS) is 11.3. The fourth-order valence-electron chi connectivity index (χ4n) is 1.37. The second-order valence-corrected chi connectivity index (χ2v) is 4.54. The van der Waals surface area contributed by atoms with E-state index in [0.717, 1.165) is 0 Å². The first-order chi connectivity index (χ1) is 5.93. The molecule has 12 heavy (non-hydrogen) atoms. The van der Waals surface area contributed by atoms with Crippen LogP contribution in [0.2, 0.25) is 0 Å². The molecule has 2 heterocycles. The van der Waals surface area contributed by atoms with Crippen LogP contribution in [0.4, 0.5) is 0 Å². The van der Waals surface area contributed by atoms with Gasteiger partial charge in [0.1, 0.15) is 0 Å². The Bertz CT molecular complexity index is 440. The van der Waals surface area contributed by atoms with Gasteiger partial charge in [-0.1, -0.05) is 0 Å². The van der Waals surface area contributed by atoms with E-state index >= 15 is 0 Å². The molecular formula is C10H5S2. The predicted octanol–water partition coefficient (Wildman–Crippen LogP) is 3.92. The molecule has 0 saturated heterocycles. The maximum Gasteiger partial charge on any atom is 0.0455 e. The van der Waals surface area contributed by atoms with E-state index in [2.05, 4.69) is 35.0 Å². The molecule has 0 aliphatic carbocycles. The zero-order chi connectivity index (χ0) is 7.97. The highest BCUT2D eigenvalue weighted by Gasteiger charge is 1.98. The summed E-state index contributed by atoms with van der Waals surface area (Å²) in [6, 6.07) is 8.69. The molecule has 0 nitrogen and oxygen atoms in total. The molecule has 3 aromatic rings. The van der Waals surface area contributed by atoms with E-state index in [1.54, 1.807) is 22.7 Å². The third-order valence-corrected chi connectivity index (χ3v) is 3.66. The quantitative estimate of drug-likeness (QED) is 0.503. The molecule has 0 fully saturated rings. The van der Waals surface area contributed by atoms with Crippen molar-refractivity contribution in [3.8, 4) is 0 Å². The van der Waals surface area contributed by atoms with Crippen LogP contribution in [0.3, 0.4) is 0 Å². The van der Waals surface area contributed by atoms with Gasteiger partial charge in [0.05, 0.1) is 0 Å². The molecule has 0 amide bonds.